The van der Waals surface area contributed by atoms with Crippen molar-refractivity contribution in [3.63, 3.8) is 0 Å². The van der Waals surface area contributed by atoms with Crippen LogP contribution in [0.4, 0.5) is 5.69 Å². The summed E-state index contributed by atoms with van der Waals surface area (Å²) in [6, 6.07) is 14.7. The molecule has 1 amide bonds. The number of allylic oxidation sites excluding steroid dienone is 1. The number of nitrogens with zero attached hydrogens (tertiary/aromatic N) is 1. The SMILES string of the molecule is CCC=C(NC(=O)Cc1ccc(C(=O)O)cc1)c1ccccc1N1CCCC(C)(C)C1. The lowest BCUT2D eigenvalue weighted by molar-refractivity contribution is -0.119. The lowest BCUT2D eigenvalue weighted by Gasteiger charge is -2.40. The number of benzene rings is 2. The molecule has 2 aromatic rings. The van der Waals surface area contributed by atoms with E-state index in [1.807, 2.05) is 6.07 Å². The molecule has 0 aliphatic carbocycles. The van der Waals surface area contributed by atoms with Gasteiger partial charge in [0, 0.05) is 30.0 Å². The number of carbonyl (C=O) groups is 2. The predicted molar refractivity (Wildman–Crippen MR) is 125 cm³/mol. The van der Waals surface area contributed by atoms with Crippen molar-refractivity contribution in [3.05, 3.63) is 71.3 Å². The number of carboxylic acids is 1. The molecule has 31 heavy (non-hydrogen) atoms. The summed E-state index contributed by atoms with van der Waals surface area (Å²) in [6.07, 6.45) is 5.44. The summed E-state index contributed by atoms with van der Waals surface area (Å²) in [5.74, 6) is -1.08. The van der Waals surface area contributed by atoms with Gasteiger partial charge in [0.25, 0.3) is 0 Å². The van der Waals surface area contributed by atoms with Gasteiger partial charge >= 0.3 is 5.97 Å². The van der Waals surface area contributed by atoms with Gasteiger partial charge in [-0.1, -0.05) is 57.2 Å². The molecule has 1 fully saturated rings. The fraction of sp³-hybridized carbons (Fsp3) is 0.385. The molecule has 1 aliphatic rings. The van der Waals surface area contributed by atoms with Crippen LogP contribution in [0.3, 0.4) is 0 Å². The Labute approximate surface area is 184 Å². The third kappa shape index (κ3) is 5.97. The summed E-state index contributed by atoms with van der Waals surface area (Å²) >= 11 is 0. The van der Waals surface area contributed by atoms with Crippen LogP contribution in [0.5, 0.6) is 0 Å². The van der Waals surface area contributed by atoms with Crippen LogP contribution in [0.2, 0.25) is 0 Å². The van der Waals surface area contributed by atoms with Crippen LogP contribution in [0.25, 0.3) is 5.70 Å². The standard InChI is InChI=1S/C26H32N2O3/c1-4-8-22(27-24(29)17-19-11-13-20(14-12-19)25(30)31)21-9-5-6-10-23(21)28-16-7-15-26(2,3)18-28/h5-6,8-14H,4,7,15-18H2,1-3H3,(H,27,29)(H,30,31). The number of carboxylic acid groups (broad SMARTS) is 1. The Bertz CT molecular complexity index is 961. The minimum Gasteiger partial charge on any atom is -0.478 e. The number of para-hydroxylation sites is 1. The molecule has 0 radical (unpaired) electrons. The minimum absolute atomic E-state index is 0.114. The lowest BCUT2D eigenvalue weighted by atomic mass is 9.83. The van der Waals surface area contributed by atoms with Gasteiger partial charge in [0.15, 0.2) is 0 Å². The number of anilines is 1. The first kappa shape index (κ1) is 22.6. The number of amides is 1. The average molecular weight is 421 g/mol. The number of carbonyl (C=O) groups excluding carboxylic acids is 1. The Morgan fingerprint density at radius 1 is 1.13 bits per heavy atom. The van der Waals surface area contributed by atoms with E-state index in [0.717, 1.165) is 48.4 Å². The van der Waals surface area contributed by atoms with Crippen molar-refractivity contribution in [2.75, 3.05) is 18.0 Å². The van der Waals surface area contributed by atoms with E-state index in [4.69, 9.17) is 5.11 Å². The van der Waals surface area contributed by atoms with E-state index >= 15 is 0 Å². The Morgan fingerprint density at radius 3 is 2.48 bits per heavy atom. The maximum atomic E-state index is 12.8. The molecule has 1 aliphatic heterocycles. The molecule has 0 atom stereocenters. The van der Waals surface area contributed by atoms with Crippen molar-refractivity contribution in [3.8, 4) is 0 Å². The molecule has 0 saturated carbocycles. The van der Waals surface area contributed by atoms with E-state index in [1.165, 1.54) is 18.6 Å². The maximum absolute atomic E-state index is 12.8. The smallest absolute Gasteiger partial charge is 0.335 e. The monoisotopic (exact) mass is 420 g/mol. The Morgan fingerprint density at radius 2 is 1.84 bits per heavy atom. The van der Waals surface area contributed by atoms with Gasteiger partial charge in [0.05, 0.1) is 12.0 Å². The van der Waals surface area contributed by atoms with Gasteiger partial charge in [0.1, 0.15) is 0 Å². The highest BCUT2D eigenvalue weighted by Crippen LogP contribution is 2.34. The first-order valence-corrected chi connectivity index (χ1v) is 11.0. The second-order valence-corrected chi connectivity index (χ2v) is 8.96. The molecule has 5 nitrogen and oxygen atoms in total. The van der Waals surface area contributed by atoms with E-state index < -0.39 is 5.97 Å². The van der Waals surface area contributed by atoms with Crippen molar-refractivity contribution < 1.29 is 14.7 Å². The highest BCUT2D eigenvalue weighted by molar-refractivity contribution is 5.91. The fourth-order valence-corrected chi connectivity index (χ4v) is 4.18. The zero-order valence-corrected chi connectivity index (χ0v) is 18.6. The Kier molecular flexibility index (Phi) is 7.16. The van der Waals surface area contributed by atoms with Gasteiger partial charge < -0.3 is 15.3 Å². The molecular formula is C26H32N2O3. The summed E-state index contributed by atoms with van der Waals surface area (Å²) in [5.41, 5.74) is 4.29. The molecule has 3 rings (SSSR count). The second kappa shape index (κ2) is 9.82. The molecule has 2 aromatic carbocycles. The molecule has 0 aromatic heterocycles. The highest BCUT2D eigenvalue weighted by atomic mass is 16.4. The summed E-state index contributed by atoms with van der Waals surface area (Å²) in [4.78, 5) is 26.2. The first-order valence-electron chi connectivity index (χ1n) is 11.0. The number of nitrogens with one attached hydrogen (secondary N) is 1. The lowest BCUT2D eigenvalue weighted by Crippen LogP contribution is -2.40. The maximum Gasteiger partial charge on any atom is 0.335 e. The number of aromatic carboxylic acids is 1. The normalized spacial score (nSPS) is 16.1. The molecule has 5 heteroatoms. The van der Waals surface area contributed by atoms with Crippen LogP contribution >= 0.6 is 0 Å². The van der Waals surface area contributed by atoms with Crippen LogP contribution in [0.1, 0.15) is 61.5 Å². The number of hydrogen-bond acceptors (Lipinski definition) is 3. The number of hydrogen-bond donors (Lipinski definition) is 2. The largest absolute Gasteiger partial charge is 0.478 e. The summed E-state index contributed by atoms with van der Waals surface area (Å²) in [6.45, 7) is 8.68. The van der Waals surface area contributed by atoms with Crippen LogP contribution < -0.4 is 10.2 Å². The molecule has 0 unspecified atom stereocenters. The Hall–Kier alpha value is -3.08. The van der Waals surface area contributed by atoms with E-state index in [2.05, 4.69) is 55.3 Å². The van der Waals surface area contributed by atoms with Gasteiger partial charge in [-0.3, -0.25) is 4.79 Å². The number of piperidine rings is 1. The molecule has 0 spiro atoms. The van der Waals surface area contributed by atoms with Crippen molar-refractivity contribution in [2.45, 2.75) is 46.5 Å². The van der Waals surface area contributed by atoms with Crippen LogP contribution in [-0.4, -0.2) is 30.1 Å². The highest BCUT2D eigenvalue weighted by Gasteiger charge is 2.28. The van der Waals surface area contributed by atoms with E-state index in [-0.39, 0.29) is 23.3 Å². The molecule has 1 heterocycles. The third-order valence-electron chi connectivity index (χ3n) is 5.68. The predicted octanol–water partition coefficient (Wildman–Crippen LogP) is 5.12. The van der Waals surface area contributed by atoms with Gasteiger partial charge in [-0.15, -0.1) is 0 Å². The third-order valence-corrected chi connectivity index (χ3v) is 5.68. The van der Waals surface area contributed by atoms with E-state index in [0.29, 0.717) is 0 Å². The van der Waals surface area contributed by atoms with Gasteiger partial charge in [0.2, 0.25) is 5.91 Å². The number of rotatable bonds is 7. The zero-order valence-electron chi connectivity index (χ0n) is 18.6. The van der Waals surface area contributed by atoms with Gasteiger partial charge in [-0.05, 0) is 48.4 Å². The average Bonchev–Trinajstić information content (AvgIpc) is 2.73. The quantitative estimate of drug-likeness (QED) is 0.652. The van der Waals surface area contributed by atoms with Crippen LogP contribution in [-0.2, 0) is 11.2 Å². The second-order valence-electron chi connectivity index (χ2n) is 8.96. The van der Waals surface area contributed by atoms with Crippen LogP contribution in [0.15, 0.2) is 54.6 Å². The van der Waals surface area contributed by atoms with Crippen molar-refractivity contribution in [1.29, 1.82) is 0 Å². The van der Waals surface area contributed by atoms with Crippen molar-refractivity contribution in [1.82, 2.24) is 5.32 Å². The fourth-order valence-electron chi connectivity index (χ4n) is 4.18. The molecule has 1 saturated heterocycles. The first-order chi connectivity index (χ1) is 14.8. The molecule has 0 bridgehead atoms. The summed E-state index contributed by atoms with van der Waals surface area (Å²) < 4.78 is 0. The van der Waals surface area contributed by atoms with Gasteiger partial charge in [-0.25, -0.2) is 4.79 Å². The van der Waals surface area contributed by atoms with Crippen molar-refractivity contribution >= 4 is 23.3 Å². The van der Waals surface area contributed by atoms with E-state index in [1.54, 1.807) is 12.1 Å². The molecule has 164 valence electrons. The minimum atomic E-state index is -0.971. The summed E-state index contributed by atoms with van der Waals surface area (Å²) in [7, 11) is 0. The van der Waals surface area contributed by atoms with E-state index in [9.17, 15) is 9.59 Å². The summed E-state index contributed by atoms with van der Waals surface area (Å²) in [5, 5.41) is 12.1. The molecular weight excluding hydrogens is 388 g/mol. The van der Waals surface area contributed by atoms with Crippen LogP contribution in [0, 0.1) is 5.41 Å². The Balaban J connectivity index is 1.79. The zero-order chi connectivity index (χ0) is 22.4. The van der Waals surface area contributed by atoms with Gasteiger partial charge in [-0.2, -0.15) is 0 Å². The topological polar surface area (TPSA) is 69.6 Å². The molecule has 2 N–H and O–H groups in total. The van der Waals surface area contributed by atoms with Crippen molar-refractivity contribution in [2.24, 2.45) is 5.41 Å².